The zero-order valence-electron chi connectivity index (χ0n) is 10.6. The molecule has 1 nitrogen and oxygen atoms in total. The third kappa shape index (κ3) is 3.50. The van der Waals surface area contributed by atoms with Gasteiger partial charge in [0.25, 0.3) is 0 Å². The number of halogens is 1. The Morgan fingerprint density at radius 3 is 2.67 bits per heavy atom. The van der Waals surface area contributed by atoms with E-state index >= 15 is 0 Å². The fourth-order valence-corrected chi connectivity index (χ4v) is 3.16. The van der Waals surface area contributed by atoms with Gasteiger partial charge in [0.05, 0.1) is 10.9 Å². The molecule has 0 saturated heterocycles. The van der Waals surface area contributed by atoms with Crippen molar-refractivity contribution in [3.05, 3.63) is 58.9 Å². The van der Waals surface area contributed by atoms with Crippen LogP contribution in [0.2, 0.25) is 5.02 Å². The van der Waals surface area contributed by atoms with E-state index in [-0.39, 0.29) is 0 Å². The highest BCUT2D eigenvalue weighted by molar-refractivity contribution is 7.99. The van der Waals surface area contributed by atoms with Gasteiger partial charge in [-0.05, 0) is 43.7 Å². The van der Waals surface area contributed by atoms with E-state index in [0.29, 0.717) is 5.25 Å². The van der Waals surface area contributed by atoms with Crippen LogP contribution in [-0.4, -0.2) is 4.98 Å². The Bertz CT molecular complexity index is 527. The summed E-state index contributed by atoms with van der Waals surface area (Å²) in [5, 5.41) is 1.16. The van der Waals surface area contributed by atoms with E-state index in [1.165, 1.54) is 4.90 Å². The topological polar surface area (TPSA) is 12.9 Å². The molecule has 1 heterocycles. The summed E-state index contributed by atoms with van der Waals surface area (Å²) in [5.74, 6) is 0. The molecular weight excluding hydrogens is 262 g/mol. The first-order chi connectivity index (χ1) is 8.69. The van der Waals surface area contributed by atoms with Gasteiger partial charge in [0.2, 0.25) is 0 Å². The molecule has 0 bridgehead atoms. The molecule has 94 valence electrons. The van der Waals surface area contributed by atoms with Gasteiger partial charge in [-0.25, -0.2) is 0 Å². The van der Waals surface area contributed by atoms with Crippen molar-refractivity contribution >= 4 is 23.4 Å². The van der Waals surface area contributed by atoms with Crippen LogP contribution in [0.3, 0.4) is 0 Å². The van der Waals surface area contributed by atoms with Crippen LogP contribution in [0.1, 0.15) is 30.0 Å². The second-order valence-electron chi connectivity index (χ2n) is 4.18. The van der Waals surface area contributed by atoms with Gasteiger partial charge in [-0.2, -0.15) is 0 Å². The molecule has 0 fully saturated rings. The lowest BCUT2D eigenvalue weighted by molar-refractivity contribution is 0.850. The SMILES string of the molecule is CCC(Sc1cccc(Cl)c1)c1cccc(C)n1. The van der Waals surface area contributed by atoms with Crippen LogP contribution in [0.25, 0.3) is 0 Å². The maximum Gasteiger partial charge on any atom is 0.0540 e. The molecule has 1 unspecified atom stereocenters. The predicted molar refractivity (Wildman–Crippen MR) is 79.3 cm³/mol. The average Bonchev–Trinajstić information content (AvgIpc) is 2.36. The highest BCUT2D eigenvalue weighted by atomic mass is 35.5. The zero-order chi connectivity index (χ0) is 13.0. The zero-order valence-corrected chi connectivity index (χ0v) is 12.1. The number of rotatable bonds is 4. The Kier molecular flexibility index (Phi) is 4.67. The fraction of sp³-hybridized carbons (Fsp3) is 0.267. The van der Waals surface area contributed by atoms with Crippen molar-refractivity contribution in [2.75, 3.05) is 0 Å². The number of aryl methyl sites for hydroxylation is 1. The quantitative estimate of drug-likeness (QED) is 0.705. The van der Waals surface area contributed by atoms with Gasteiger partial charge in [0, 0.05) is 15.6 Å². The summed E-state index contributed by atoms with van der Waals surface area (Å²) in [7, 11) is 0. The largest absolute Gasteiger partial charge is 0.257 e. The number of benzene rings is 1. The number of nitrogens with zero attached hydrogens (tertiary/aromatic N) is 1. The molecular formula is C15H16ClNS. The third-order valence-electron chi connectivity index (χ3n) is 2.68. The second kappa shape index (κ2) is 6.26. The molecule has 0 radical (unpaired) electrons. The molecule has 0 amide bonds. The number of hydrogen-bond donors (Lipinski definition) is 0. The van der Waals surface area contributed by atoms with Crippen LogP contribution in [0.5, 0.6) is 0 Å². The van der Waals surface area contributed by atoms with Crippen LogP contribution in [-0.2, 0) is 0 Å². The number of aromatic nitrogens is 1. The summed E-state index contributed by atoms with van der Waals surface area (Å²) in [4.78, 5) is 5.80. The molecule has 1 aromatic heterocycles. The first-order valence-corrected chi connectivity index (χ1v) is 7.30. The van der Waals surface area contributed by atoms with Crippen LogP contribution < -0.4 is 0 Å². The molecule has 0 aliphatic heterocycles. The second-order valence-corrected chi connectivity index (χ2v) is 5.89. The first-order valence-electron chi connectivity index (χ1n) is 6.05. The minimum Gasteiger partial charge on any atom is -0.257 e. The van der Waals surface area contributed by atoms with Gasteiger partial charge < -0.3 is 0 Å². The Labute approximate surface area is 118 Å². The molecule has 3 heteroatoms. The molecule has 0 saturated carbocycles. The van der Waals surface area contributed by atoms with E-state index in [0.717, 1.165) is 22.8 Å². The normalized spacial score (nSPS) is 12.4. The molecule has 1 aromatic carbocycles. The predicted octanol–water partition coefficient (Wildman–Crippen LogP) is 5.29. The maximum atomic E-state index is 6.01. The number of pyridine rings is 1. The van der Waals surface area contributed by atoms with Crippen LogP contribution in [0.4, 0.5) is 0 Å². The van der Waals surface area contributed by atoms with Crippen LogP contribution in [0.15, 0.2) is 47.4 Å². The Morgan fingerprint density at radius 1 is 1.22 bits per heavy atom. The van der Waals surface area contributed by atoms with E-state index in [1.807, 2.05) is 43.0 Å². The Morgan fingerprint density at radius 2 is 2.00 bits per heavy atom. The summed E-state index contributed by atoms with van der Waals surface area (Å²) < 4.78 is 0. The molecule has 2 rings (SSSR count). The van der Waals surface area contributed by atoms with Gasteiger partial charge >= 0.3 is 0 Å². The molecule has 0 spiro atoms. The summed E-state index contributed by atoms with van der Waals surface area (Å²) in [6, 6.07) is 14.2. The first kappa shape index (κ1) is 13.4. The summed E-state index contributed by atoms with van der Waals surface area (Å²) >= 11 is 7.83. The van der Waals surface area contributed by atoms with Gasteiger partial charge in [-0.15, -0.1) is 11.8 Å². The van der Waals surface area contributed by atoms with Crippen molar-refractivity contribution in [1.29, 1.82) is 0 Å². The van der Waals surface area contributed by atoms with Crippen molar-refractivity contribution in [3.8, 4) is 0 Å². The van der Waals surface area contributed by atoms with Gasteiger partial charge in [-0.3, -0.25) is 4.98 Å². The Hall–Kier alpha value is -0.990. The van der Waals surface area contributed by atoms with Crippen molar-refractivity contribution in [2.45, 2.75) is 30.4 Å². The van der Waals surface area contributed by atoms with Gasteiger partial charge in [-0.1, -0.05) is 30.7 Å². The summed E-state index contributed by atoms with van der Waals surface area (Å²) in [5.41, 5.74) is 2.21. The van der Waals surface area contributed by atoms with Gasteiger partial charge in [0.15, 0.2) is 0 Å². The molecule has 0 aliphatic rings. The van der Waals surface area contributed by atoms with Crippen molar-refractivity contribution in [1.82, 2.24) is 4.98 Å². The monoisotopic (exact) mass is 277 g/mol. The molecule has 0 aliphatic carbocycles. The average molecular weight is 278 g/mol. The molecule has 18 heavy (non-hydrogen) atoms. The van der Waals surface area contributed by atoms with Crippen LogP contribution >= 0.6 is 23.4 Å². The van der Waals surface area contributed by atoms with Gasteiger partial charge in [0.1, 0.15) is 0 Å². The lowest BCUT2D eigenvalue weighted by atomic mass is 10.2. The third-order valence-corrected chi connectivity index (χ3v) is 4.31. The molecule has 0 N–H and O–H groups in total. The van der Waals surface area contributed by atoms with Crippen molar-refractivity contribution in [3.63, 3.8) is 0 Å². The standard InChI is InChI=1S/C15H16ClNS/c1-3-15(14-9-4-6-11(2)17-14)18-13-8-5-7-12(16)10-13/h4-10,15H,3H2,1-2H3. The highest BCUT2D eigenvalue weighted by Crippen LogP contribution is 2.37. The highest BCUT2D eigenvalue weighted by Gasteiger charge is 2.12. The lowest BCUT2D eigenvalue weighted by Crippen LogP contribution is -1.97. The molecule has 1 atom stereocenters. The van der Waals surface area contributed by atoms with E-state index in [2.05, 4.69) is 30.1 Å². The molecule has 2 aromatic rings. The maximum absolute atomic E-state index is 6.01. The smallest absolute Gasteiger partial charge is 0.0540 e. The summed E-state index contributed by atoms with van der Waals surface area (Å²) in [6.07, 6.45) is 1.05. The van der Waals surface area contributed by atoms with Crippen molar-refractivity contribution < 1.29 is 0 Å². The minimum absolute atomic E-state index is 0.378. The summed E-state index contributed by atoms with van der Waals surface area (Å²) in [6.45, 7) is 4.21. The number of hydrogen-bond acceptors (Lipinski definition) is 2. The van der Waals surface area contributed by atoms with E-state index in [4.69, 9.17) is 11.6 Å². The van der Waals surface area contributed by atoms with E-state index in [9.17, 15) is 0 Å². The number of thioether (sulfide) groups is 1. The fourth-order valence-electron chi connectivity index (χ4n) is 1.80. The van der Waals surface area contributed by atoms with Crippen LogP contribution in [0, 0.1) is 6.92 Å². The lowest BCUT2D eigenvalue weighted by Gasteiger charge is -2.14. The Balaban J connectivity index is 2.19. The minimum atomic E-state index is 0.378. The van der Waals surface area contributed by atoms with Crippen molar-refractivity contribution in [2.24, 2.45) is 0 Å². The van der Waals surface area contributed by atoms with E-state index < -0.39 is 0 Å². The van der Waals surface area contributed by atoms with E-state index in [1.54, 1.807) is 0 Å².